The van der Waals surface area contributed by atoms with Gasteiger partial charge in [-0.1, -0.05) is 12.1 Å². The zero-order valence-corrected chi connectivity index (χ0v) is 11.8. The summed E-state index contributed by atoms with van der Waals surface area (Å²) in [6.45, 7) is 4.08. The number of ether oxygens (including phenoxy) is 1. The third kappa shape index (κ3) is 2.96. The Morgan fingerprint density at radius 1 is 1.26 bits per heavy atom. The van der Waals surface area contributed by atoms with Crippen LogP contribution < -0.4 is 9.64 Å². The Kier molecular flexibility index (Phi) is 3.62. The first kappa shape index (κ1) is 13.6. The Morgan fingerprint density at radius 3 is 2.63 bits per heavy atom. The van der Waals surface area contributed by atoms with Crippen LogP contribution >= 0.6 is 0 Å². The van der Waals surface area contributed by atoms with Crippen LogP contribution in [0, 0.1) is 0 Å². The molecule has 2 rings (SSSR count). The molecule has 1 heterocycles. The fourth-order valence-corrected chi connectivity index (χ4v) is 2.30. The third-order valence-electron chi connectivity index (χ3n) is 2.95. The van der Waals surface area contributed by atoms with Crippen molar-refractivity contribution < 1.29 is 9.84 Å². The molecule has 1 aromatic heterocycles. The highest BCUT2D eigenvalue weighted by Gasteiger charge is 2.18. The molecule has 0 aliphatic carbocycles. The van der Waals surface area contributed by atoms with Crippen molar-refractivity contribution in [2.45, 2.75) is 19.4 Å². The summed E-state index contributed by atoms with van der Waals surface area (Å²) in [6.07, 6.45) is 1.76. The highest BCUT2D eigenvalue weighted by molar-refractivity contribution is 5.96. The minimum absolute atomic E-state index is 0.510. The van der Waals surface area contributed by atoms with Gasteiger partial charge >= 0.3 is 0 Å². The number of fused-ring (bicyclic) bond motifs is 1. The van der Waals surface area contributed by atoms with E-state index in [-0.39, 0.29) is 0 Å². The van der Waals surface area contributed by atoms with E-state index in [0.717, 1.165) is 22.3 Å². The highest BCUT2D eigenvalue weighted by atomic mass is 16.5. The van der Waals surface area contributed by atoms with E-state index in [4.69, 9.17) is 4.74 Å². The number of nitrogens with zero attached hydrogens (tertiary/aromatic N) is 2. The topological polar surface area (TPSA) is 45.6 Å². The lowest BCUT2D eigenvalue weighted by Gasteiger charge is -2.27. The van der Waals surface area contributed by atoms with Crippen molar-refractivity contribution in [1.82, 2.24) is 4.98 Å². The lowest BCUT2D eigenvalue weighted by Crippen LogP contribution is -2.36. The van der Waals surface area contributed by atoms with Gasteiger partial charge in [-0.3, -0.25) is 0 Å². The van der Waals surface area contributed by atoms with Gasteiger partial charge in [0.05, 0.1) is 12.7 Å². The average Bonchev–Trinajstić information content (AvgIpc) is 2.35. The van der Waals surface area contributed by atoms with Gasteiger partial charge in [-0.2, -0.15) is 0 Å². The van der Waals surface area contributed by atoms with Gasteiger partial charge < -0.3 is 14.7 Å². The summed E-state index contributed by atoms with van der Waals surface area (Å²) in [4.78, 5) is 6.39. The standard InChI is InChI=1S/C15H20N2O2/c1-15(2,18)10-17(3)14-12-6-5-7-13(19-4)11(12)8-9-16-14/h5-9,18H,10H2,1-4H3. The molecule has 0 bridgehead atoms. The molecule has 0 spiro atoms. The quantitative estimate of drug-likeness (QED) is 0.917. The van der Waals surface area contributed by atoms with Crippen LogP contribution in [0.3, 0.4) is 0 Å². The number of hydrogen-bond donors (Lipinski definition) is 1. The maximum atomic E-state index is 9.93. The van der Waals surface area contributed by atoms with Crippen molar-refractivity contribution in [2.75, 3.05) is 25.6 Å². The molecule has 2 aromatic rings. The number of pyridine rings is 1. The van der Waals surface area contributed by atoms with Gasteiger partial charge in [-0.15, -0.1) is 0 Å². The molecule has 0 aliphatic rings. The number of methoxy groups -OCH3 is 1. The van der Waals surface area contributed by atoms with E-state index in [2.05, 4.69) is 4.98 Å². The predicted octanol–water partition coefficient (Wildman–Crippen LogP) is 2.45. The molecular weight excluding hydrogens is 240 g/mol. The lowest BCUT2D eigenvalue weighted by molar-refractivity contribution is 0.0885. The normalized spacial score (nSPS) is 11.6. The smallest absolute Gasteiger partial charge is 0.136 e. The Labute approximate surface area is 113 Å². The lowest BCUT2D eigenvalue weighted by atomic mass is 10.1. The number of rotatable bonds is 4. The minimum Gasteiger partial charge on any atom is -0.496 e. The fourth-order valence-electron chi connectivity index (χ4n) is 2.30. The minimum atomic E-state index is -0.766. The molecule has 102 valence electrons. The van der Waals surface area contributed by atoms with Crippen molar-refractivity contribution in [1.29, 1.82) is 0 Å². The molecule has 4 nitrogen and oxygen atoms in total. The zero-order chi connectivity index (χ0) is 14.0. The van der Waals surface area contributed by atoms with Crippen LogP contribution in [0.4, 0.5) is 5.82 Å². The fraction of sp³-hybridized carbons (Fsp3) is 0.400. The second-order valence-electron chi connectivity index (χ2n) is 5.36. The monoisotopic (exact) mass is 260 g/mol. The summed E-state index contributed by atoms with van der Waals surface area (Å²) < 4.78 is 5.37. The van der Waals surface area contributed by atoms with Gasteiger partial charge in [0, 0.05) is 30.6 Å². The molecule has 0 radical (unpaired) electrons. The summed E-state index contributed by atoms with van der Waals surface area (Å²) in [5.41, 5.74) is -0.766. The SMILES string of the molecule is COc1cccc2c(N(C)CC(C)(C)O)nccc12. The number of benzene rings is 1. The Bertz CT molecular complexity index is 576. The van der Waals surface area contributed by atoms with Crippen molar-refractivity contribution >= 4 is 16.6 Å². The second-order valence-corrected chi connectivity index (χ2v) is 5.36. The summed E-state index contributed by atoms with van der Waals surface area (Å²) in [5, 5.41) is 12.0. The number of hydrogen-bond acceptors (Lipinski definition) is 4. The molecule has 0 saturated heterocycles. The predicted molar refractivity (Wildman–Crippen MR) is 77.9 cm³/mol. The molecule has 1 N–H and O–H groups in total. The van der Waals surface area contributed by atoms with E-state index in [1.807, 2.05) is 36.2 Å². The highest BCUT2D eigenvalue weighted by Crippen LogP contribution is 2.30. The Hall–Kier alpha value is -1.81. The molecule has 0 fully saturated rings. The molecule has 0 amide bonds. The van der Waals surface area contributed by atoms with Crippen molar-refractivity contribution in [3.05, 3.63) is 30.5 Å². The van der Waals surface area contributed by atoms with Gasteiger partial charge in [-0.05, 0) is 26.0 Å². The van der Waals surface area contributed by atoms with E-state index in [1.165, 1.54) is 0 Å². The summed E-state index contributed by atoms with van der Waals surface area (Å²) in [7, 11) is 3.59. The number of likely N-dealkylation sites (N-methyl/N-ethyl adjacent to an activating group) is 1. The Balaban J connectivity index is 2.50. The van der Waals surface area contributed by atoms with Crippen LogP contribution in [0.2, 0.25) is 0 Å². The number of anilines is 1. The molecule has 4 heteroatoms. The molecule has 19 heavy (non-hydrogen) atoms. The Morgan fingerprint density at radius 2 is 2.00 bits per heavy atom. The summed E-state index contributed by atoms with van der Waals surface area (Å²) >= 11 is 0. The summed E-state index contributed by atoms with van der Waals surface area (Å²) in [5.74, 6) is 1.68. The molecule has 0 aliphatic heterocycles. The van der Waals surface area contributed by atoms with Crippen molar-refractivity contribution in [3.8, 4) is 5.75 Å². The first-order valence-corrected chi connectivity index (χ1v) is 6.27. The van der Waals surface area contributed by atoms with Gasteiger partial charge in [0.15, 0.2) is 0 Å². The maximum Gasteiger partial charge on any atom is 0.136 e. The third-order valence-corrected chi connectivity index (χ3v) is 2.95. The molecule has 0 unspecified atom stereocenters. The van der Waals surface area contributed by atoms with Crippen LogP contribution in [0.15, 0.2) is 30.5 Å². The van der Waals surface area contributed by atoms with E-state index < -0.39 is 5.60 Å². The first-order chi connectivity index (χ1) is 8.92. The molecule has 1 aromatic carbocycles. The average molecular weight is 260 g/mol. The van der Waals surface area contributed by atoms with E-state index >= 15 is 0 Å². The van der Waals surface area contributed by atoms with Crippen LogP contribution in [-0.4, -0.2) is 36.4 Å². The number of aromatic nitrogens is 1. The van der Waals surface area contributed by atoms with Gasteiger partial charge in [0.25, 0.3) is 0 Å². The van der Waals surface area contributed by atoms with Crippen LogP contribution in [0.25, 0.3) is 10.8 Å². The number of aliphatic hydroxyl groups is 1. The van der Waals surface area contributed by atoms with Gasteiger partial charge in [-0.25, -0.2) is 4.98 Å². The van der Waals surface area contributed by atoms with Crippen LogP contribution in [0.5, 0.6) is 5.75 Å². The van der Waals surface area contributed by atoms with E-state index in [9.17, 15) is 5.11 Å². The van der Waals surface area contributed by atoms with E-state index in [1.54, 1.807) is 27.2 Å². The first-order valence-electron chi connectivity index (χ1n) is 6.27. The van der Waals surface area contributed by atoms with Crippen LogP contribution in [-0.2, 0) is 0 Å². The van der Waals surface area contributed by atoms with Crippen molar-refractivity contribution in [3.63, 3.8) is 0 Å². The zero-order valence-electron chi connectivity index (χ0n) is 11.8. The van der Waals surface area contributed by atoms with Gasteiger partial charge in [0.1, 0.15) is 11.6 Å². The maximum absolute atomic E-state index is 9.93. The summed E-state index contributed by atoms with van der Waals surface area (Å²) in [6, 6.07) is 7.84. The van der Waals surface area contributed by atoms with E-state index in [0.29, 0.717) is 6.54 Å². The van der Waals surface area contributed by atoms with Crippen molar-refractivity contribution in [2.24, 2.45) is 0 Å². The van der Waals surface area contributed by atoms with Crippen LogP contribution in [0.1, 0.15) is 13.8 Å². The second kappa shape index (κ2) is 5.05. The molecule has 0 saturated carbocycles. The molecular formula is C15H20N2O2. The van der Waals surface area contributed by atoms with Gasteiger partial charge in [0.2, 0.25) is 0 Å². The largest absolute Gasteiger partial charge is 0.496 e. The molecule has 0 atom stereocenters.